The summed E-state index contributed by atoms with van der Waals surface area (Å²) in [5.74, 6) is -0.107. The van der Waals surface area contributed by atoms with Crippen LogP contribution in [0.2, 0.25) is 0 Å². The Morgan fingerprint density at radius 2 is 1.79 bits per heavy atom. The van der Waals surface area contributed by atoms with Gasteiger partial charge in [-0.1, -0.05) is 31.2 Å². The number of aromatic nitrogens is 3. The van der Waals surface area contributed by atoms with Crippen LogP contribution in [0.1, 0.15) is 41.0 Å². The van der Waals surface area contributed by atoms with E-state index in [2.05, 4.69) is 10.3 Å². The second-order valence-electron chi connectivity index (χ2n) is 6.84. The van der Waals surface area contributed by atoms with Crippen LogP contribution in [-0.2, 0) is 0 Å². The van der Waals surface area contributed by atoms with Gasteiger partial charge in [-0.05, 0) is 37.6 Å². The van der Waals surface area contributed by atoms with Gasteiger partial charge >= 0.3 is 0 Å². The molecule has 4 rings (SSSR count). The summed E-state index contributed by atoms with van der Waals surface area (Å²) in [6.45, 7) is 4.02. The lowest BCUT2D eigenvalue weighted by molar-refractivity contribution is 0.0954. The number of para-hydroxylation sites is 2. The minimum atomic E-state index is -0.291. The second kappa shape index (κ2) is 7.35. The summed E-state index contributed by atoms with van der Waals surface area (Å²) in [7, 11) is 0. The number of hydrogen-bond donors (Lipinski definition) is 2. The van der Waals surface area contributed by atoms with Crippen molar-refractivity contribution in [3.8, 4) is 5.69 Å². The second-order valence-corrected chi connectivity index (χ2v) is 6.84. The number of nitrogens with two attached hydrogens (primary N) is 1. The molecule has 0 saturated heterocycles. The van der Waals surface area contributed by atoms with E-state index in [9.17, 15) is 9.59 Å². The third-order valence-corrected chi connectivity index (χ3v) is 4.77. The van der Waals surface area contributed by atoms with Crippen molar-refractivity contribution in [2.45, 2.75) is 20.3 Å². The summed E-state index contributed by atoms with van der Waals surface area (Å²) in [5, 5.41) is 2.87. The number of anilines is 1. The van der Waals surface area contributed by atoms with Crippen LogP contribution < -0.4 is 11.1 Å². The maximum absolute atomic E-state index is 12.9. The van der Waals surface area contributed by atoms with Crippen molar-refractivity contribution in [3.05, 3.63) is 59.7 Å². The lowest BCUT2D eigenvalue weighted by Crippen LogP contribution is -2.25. The highest BCUT2D eigenvalue weighted by atomic mass is 16.1. The fraction of sp³-hybridized carbons (Fsp3) is 0.182. The Bertz CT molecular complexity index is 1260. The quantitative estimate of drug-likeness (QED) is 0.510. The number of nitrogens with zero attached hydrogens (tertiary/aromatic N) is 3. The average Bonchev–Trinajstić information content (AvgIpc) is 3.01. The maximum atomic E-state index is 12.9. The van der Waals surface area contributed by atoms with Crippen LogP contribution >= 0.6 is 0 Å². The van der Waals surface area contributed by atoms with Gasteiger partial charge in [0.1, 0.15) is 16.9 Å². The lowest BCUT2D eigenvalue weighted by atomic mass is 10.1. The molecule has 0 fully saturated rings. The first-order valence-corrected chi connectivity index (χ1v) is 9.47. The molecule has 146 valence electrons. The van der Waals surface area contributed by atoms with Crippen molar-refractivity contribution in [1.82, 2.24) is 19.9 Å². The van der Waals surface area contributed by atoms with Crippen LogP contribution in [0.25, 0.3) is 27.9 Å². The Labute approximate surface area is 167 Å². The molecule has 1 amide bonds. The summed E-state index contributed by atoms with van der Waals surface area (Å²) in [6.07, 6.45) is 0.805. The number of nitrogen functional groups attached to an aromatic ring is 1. The highest BCUT2D eigenvalue weighted by Gasteiger charge is 2.24. The smallest absolute Gasteiger partial charge is 0.257 e. The van der Waals surface area contributed by atoms with Crippen molar-refractivity contribution in [2.75, 3.05) is 12.3 Å². The molecule has 0 bridgehead atoms. The number of carbonyl (C=O) groups is 2. The van der Waals surface area contributed by atoms with E-state index >= 15 is 0 Å². The normalized spacial score (nSPS) is 11.1. The molecular formula is C22H21N5O2. The van der Waals surface area contributed by atoms with E-state index in [4.69, 9.17) is 10.7 Å². The number of fused-ring (bicyclic) bond motifs is 2. The molecule has 0 aliphatic rings. The first-order chi connectivity index (χ1) is 14.0. The van der Waals surface area contributed by atoms with E-state index in [-0.39, 0.29) is 17.5 Å². The third kappa shape index (κ3) is 3.20. The van der Waals surface area contributed by atoms with Gasteiger partial charge in [0.25, 0.3) is 5.91 Å². The van der Waals surface area contributed by atoms with Crippen molar-refractivity contribution >= 4 is 39.7 Å². The monoisotopic (exact) mass is 387 g/mol. The van der Waals surface area contributed by atoms with Crippen molar-refractivity contribution in [1.29, 1.82) is 0 Å². The average molecular weight is 387 g/mol. The van der Waals surface area contributed by atoms with Gasteiger partial charge in [-0.3, -0.25) is 14.2 Å². The highest BCUT2D eigenvalue weighted by Crippen LogP contribution is 2.31. The zero-order valence-electron chi connectivity index (χ0n) is 16.3. The Hall–Kier alpha value is -3.74. The number of ketones is 1. The van der Waals surface area contributed by atoms with Crippen LogP contribution in [0.15, 0.2) is 48.5 Å². The fourth-order valence-corrected chi connectivity index (χ4v) is 3.34. The molecule has 0 spiro atoms. The lowest BCUT2D eigenvalue weighted by Gasteiger charge is -2.09. The van der Waals surface area contributed by atoms with Crippen molar-refractivity contribution in [2.24, 2.45) is 0 Å². The molecule has 0 aliphatic heterocycles. The van der Waals surface area contributed by atoms with Gasteiger partial charge in [0.15, 0.2) is 11.4 Å². The number of nitrogens with one attached hydrogen (secondary N) is 1. The molecule has 0 aliphatic carbocycles. The topological polar surface area (TPSA) is 103 Å². The molecule has 2 aromatic heterocycles. The fourth-order valence-electron chi connectivity index (χ4n) is 3.34. The molecule has 29 heavy (non-hydrogen) atoms. The van der Waals surface area contributed by atoms with Gasteiger partial charge in [0.2, 0.25) is 0 Å². The standard InChI is InChI=1S/C22H21N5O2/c1-3-11-24-22(29)18-19-21(26-17-10-5-4-9-16(17)25-19)27(20(18)23)15-8-6-7-14(12-15)13(2)28/h4-10,12H,3,11,23H2,1-2H3,(H,24,29). The van der Waals surface area contributed by atoms with E-state index < -0.39 is 0 Å². The van der Waals surface area contributed by atoms with E-state index in [0.717, 1.165) is 6.42 Å². The zero-order chi connectivity index (χ0) is 20.5. The Kier molecular flexibility index (Phi) is 4.72. The molecule has 0 atom stereocenters. The van der Waals surface area contributed by atoms with Crippen molar-refractivity contribution < 1.29 is 9.59 Å². The molecule has 7 nitrogen and oxygen atoms in total. The van der Waals surface area contributed by atoms with E-state index in [1.807, 2.05) is 37.3 Å². The molecule has 7 heteroatoms. The summed E-state index contributed by atoms with van der Waals surface area (Å²) >= 11 is 0. The van der Waals surface area contributed by atoms with E-state index in [1.165, 1.54) is 6.92 Å². The molecular weight excluding hydrogens is 366 g/mol. The first-order valence-electron chi connectivity index (χ1n) is 9.47. The number of benzene rings is 2. The zero-order valence-corrected chi connectivity index (χ0v) is 16.3. The predicted molar refractivity (Wildman–Crippen MR) is 113 cm³/mol. The Morgan fingerprint density at radius 3 is 2.48 bits per heavy atom. The largest absolute Gasteiger partial charge is 0.384 e. The summed E-state index contributed by atoms with van der Waals surface area (Å²) in [4.78, 5) is 34.1. The van der Waals surface area contributed by atoms with Crippen LogP contribution in [0, 0.1) is 0 Å². The van der Waals surface area contributed by atoms with Gasteiger partial charge in [0, 0.05) is 17.8 Å². The number of hydrogen-bond acceptors (Lipinski definition) is 5. The third-order valence-electron chi connectivity index (χ3n) is 4.77. The maximum Gasteiger partial charge on any atom is 0.257 e. The number of amides is 1. The minimum Gasteiger partial charge on any atom is -0.384 e. The van der Waals surface area contributed by atoms with Gasteiger partial charge in [-0.15, -0.1) is 0 Å². The first kappa shape index (κ1) is 18.6. The summed E-state index contributed by atoms with van der Waals surface area (Å²) in [5.41, 5.74) is 10.2. The molecule has 0 saturated carbocycles. The van der Waals surface area contributed by atoms with E-state index in [1.54, 1.807) is 22.8 Å². The van der Waals surface area contributed by atoms with Gasteiger partial charge in [-0.25, -0.2) is 9.97 Å². The van der Waals surface area contributed by atoms with Gasteiger partial charge in [0.05, 0.1) is 11.0 Å². The number of Topliss-reactive ketones (excluding diaryl/α,β-unsaturated/α-hetero) is 1. The molecule has 2 aromatic carbocycles. The molecule has 0 unspecified atom stereocenters. The van der Waals surface area contributed by atoms with Gasteiger partial charge in [-0.2, -0.15) is 0 Å². The van der Waals surface area contributed by atoms with Crippen LogP contribution in [-0.4, -0.2) is 32.8 Å². The Balaban J connectivity index is 2.04. The molecule has 2 heterocycles. The summed E-state index contributed by atoms with van der Waals surface area (Å²) < 4.78 is 1.68. The SMILES string of the molecule is CCCNC(=O)c1c(N)n(-c2cccc(C(C)=O)c2)c2nc3ccccc3nc12. The number of carbonyl (C=O) groups excluding carboxylic acids is 2. The van der Waals surface area contributed by atoms with Gasteiger partial charge < -0.3 is 11.1 Å². The predicted octanol–water partition coefficient (Wildman–Crippen LogP) is 3.50. The van der Waals surface area contributed by atoms with Crippen molar-refractivity contribution in [3.63, 3.8) is 0 Å². The molecule has 4 aromatic rings. The Morgan fingerprint density at radius 1 is 1.07 bits per heavy atom. The van der Waals surface area contributed by atoms with Crippen LogP contribution in [0.4, 0.5) is 5.82 Å². The van der Waals surface area contributed by atoms with Crippen LogP contribution in [0.5, 0.6) is 0 Å². The highest BCUT2D eigenvalue weighted by molar-refractivity contribution is 6.11. The summed E-state index contributed by atoms with van der Waals surface area (Å²) in [6, 6.07) is 14.5. The number of rotatable bonds is 5. The molecule has 0 radical (unpaired) electrons. The van der Waals surface area contributed by atoms with E-state index in [0.29, 0.717) is 45.6 Å². The minimum absolute atomic E-state index is 0.0562. The molecule has 3 N–H and O–H groups in total. The van der Waals surface area contributed by atoms with Crippen LogP contribution in [0.3, 0.4) is 0 Å².